The molecule has 0 bridgehead atoms. The molecule has 2 N–H and O–H groups in total. The molecule has 0 aliphatic carbocycles. The highest BCUT2D eigenvalue weighted by atomic mass is 16.5. The zero-order chi connectivity index (χ0) is 19.5. The number of carbonyl (C=O) groups is 1. The quantitative estimate of drug-likeness (QED) is 0.555. The van der Waals surface area contributed by atoms with E-state index in [9.17, 15) is 9.90 Å². The van der Waals surface area contributed by atoms with Gasteiger partial charge in [-0.3, -0.25) is 14.9 Å². The predicted octanol–water partition coefficient (Wildman–Crippen LogP) is 3.10. The summed E-state index contributed by atoms with van der Waals surface area (Å²) in [5.74, 6) is 0.522. The van der Waals surface area contributed by atoms with Crippen molar-refractivity contribution in [1.29, 1.82) is 0 Å². The SMILES string of the molecule is CN(Cc1cc(-c2ccncc2)no1)C(=O)c1cc(-c2ccc(O)cc2)n[nH]1. The van der Waals surface area contributed by atoms with Crippen molar-refractivity contribution < 1.29 is 14.4 Å². The second-order valence-corrected chi connectivity index (χ2v) is 6.29. The van der Waals surface area contributed by atoms with Crippen LogP contribution >= 0.6 is 0 Å². The van der Waals surface area contributed by atoms with E-state index in [0.29, 0.717) is 22.8 Å². The van der Waals surface area contributed by atoms with Gasteiger partial charge in [0.1, 0.15) is 17.1 Å². The summed E-state index contributed by atoms with van der Waals surface area (Å²) in [5.41, 5.74) is 3.37. The lowest BCUT2D eigenvalue weighted by molar-refractivity contribution is 0.0766. The number of aromatic hydroxyl groups is 1. The molecule has 0 spiro atoms. The Bertz CT molecular complexity index is 1090. The minimum Gasteiger partial charge on any atom is -0.508 e. The number of hydrogen-bond donors (Lipinski definition) is 2. The van der Waals surface area contributed by atoms with Gasteiger partial charge < -0.3 is 14.5 Å². The molecular weight excluding hydrogens is 358 g/mol. The summed E-state index contributed by atoms with van der Waals surface area (Å²) in [7, 11) is 1.68. The first-order valence-electron chi connectivity index (χ1n) is 8.56. The monoisotopic (exact) mass is 375 g/mol. The average molecular weight is 375 g/mol. The normalized spacial score (nSPS) is 10.8. The van der Waals surface area contributed by atoms with Crippen molar-refractivity contribution in [2.24, 2.45) is 0 Å². The average Bonchev–Trinajstić information content (AvgIpc) is 3.39. The number of nitrogens with zero attached hydrogens (tertiary/aromatic N) is 4. The van der Waals surface area contributed by atoms with Crippen LogP contribution in [0.4, 0.5) is 0 Å². The molecule has 1 amide bonds. The number of phenolic OH excluding ortho intramolecular Hbond substituents is 1. The number of aromatic amines is 1. The molecule has 0 saturated carbocycles. The van der Waals surface area contributed by atoms with Gasteiger partial charge in [0.15, 0.2) is 5.76 Å². The summed E-state index contributed by atoms with van der Waals surface area (Å²) in [6.07, 6.45) is 3.37. The molecular formula is C20H17N5O3. The van der Waals surface area contributed by atoms with Crippen LogP contribution in [0.1, 0.15) is 16.2 Å². The van der Waals surface area contributed by atoms with Crippen LogP contribution in [0.25, 0.3) is 22.5 Å². The van der Waals surface area contributed by atoms with Crippen LogP contribution in [0.2, 0.25) is 0 Å². The highest BCUT2D eigenvalue weighted by Gasteiger charge is 2.18. The van der Waals surface area contributed by atoms with E-state index in [4.69, 9.17) is 4.52 Å². The maximum Gasteiger partial charge on any atom is 0.272 e. The van der Waals surface area contributed by atoms with E-state index in [0.717, 1.165) is 11.1 Å². The summed E-state index contributed by atoms with van der Waals surface area (Å²) in [6, 6.07) is 13.8. The standard InChI is InChI=1S/C20H17N5O3/c1-25(12-16-10-18(24-28-16)14-6-8-21-9-7-14)20(27)19-11-17(22-23-19)13-2-4-15(26)5-3-13/h2-11,26H,12H2,1H3,(H,22,23). The second-order valence-electron chi connectivity index (χ2n) is 6.29. The van der Waals surface area contributed by atoms with E-state index < -0.39 is 0 Å². The van der Waals surface area contributed by atoms with E-state index >= 15 is 0 Å². The van der Waals surface area contributed by atoms with Crippen LogP contribution < -0.4 is 0 Å². The van der Waals surface area contributed by atoms with Gasteiger partial charge in [0, 0.05) is 36.6 Å². The molecule has 0 unspecified atom stereocenters. The van der Waals surface area contributed by atoms with Crippen molar-refractivity contribution in [2.45, 2.75) is 6.54 Å². The molecule has 0 fully saturated rings. The molecule has 28 heavy (non-hydrogen) atoms. The first-order valence-corrected chi connectivity index (χ1v) is 8.56. The molecule has 0 radical (unpaired) electrons. The van der Waals surface area contributed by atoms with E-state index in [1.165, 1.54) is 4.90 Å². The first-order chi connectivity index (χ1) is 13.6. The first kappa shape index (κ1) is 17.5. The van der Waals surface area contributed by atoms with Crippen molar-refractivity contribution in [3.8, 4) is 28.3 Å². The van der Waals surface area contributed by atoms with Gasteiger partial charge in [0.25, 0.3) is 5.91 Å². The Morgan fingerprint density at radius 3 is 2.54 bits per heavy atom. The number of amides is 1. The van der Waals surface area contributed by atoms with Gasteiger partial charge in [-0.25, -0.2) is 0 Å². The molecule has 8 nitrogen and oxygen atoms in total. The maximum atomic E-state index is 12.7. The van der Waals surface area contributed by atoms with Crippen LogP contribution in [0.3, 0.4) is 0 Å². The number of nitrogens with one attached hydrogen (secondary N) is 1. The zero-order valence-corrected chi connectivity index (χ0v) is 15.0. The molecule has 1 aromatic carbocycles. The number of phenols is 1. The van der Waals surface area contributed by atoms with Crippen LogP contribution in [0.15, 0.2) is 65.4 Å². The van der Waals surface area contributed by atoms with Gasteiger partial charge in [0.05, 0.1) is 12.2 Å². The van der Waals surface area contributed by atoms with Gasteiger partial charge in [-0.05, 0) is 42.5 Å². The number of pyridine rings is 1. The topological polar surface area (TPSA) is 108 Å². The summed E-state index contributed by atoms with van der Waals surface area (Å²) in [6.45, 7) is 0.268. The van der Waals surface area contributed by atoms with Crippen LogP contribution in [-0.4, -0.2) is 43.3 Å². The smallest absolute Gasteiger partial charge is 0.272 e. The molecule has 0 saturated heterocycles. The van der Waals surface area contributed by atoms with Crippen molar-refractivity contribution in [2.75, 3.05) is 7.05 Å². The maximum absolute atomic E-state index is 12.7. The van der Waals surface area contributed by atoms with Crippen LogP contribution in [0.5, 0.6) is 5.75 Å². The largest absolute Gasteiger partial charge is 0.508 e. The van der Waals surface area contributed by atoms with Crippen LogP contribution in [-0.2, 0) is 6.54 Å². The summed E-state index contributed by atoms with van der Waals surface area (Å²) < 4.78 is 5.35. The van der Waals surface area contributed by atoms with Crippen LogP contribution in [0, 0.1) is 0 Å². The fourth-order valence-corrected chi connectivity index (χ4v) is 2.77. The molecule has 4 rings (SSSR count). The molecule has 3 heterocycles. The van der Waals surface area contributed by atoms with Gasteiger partial charge in [-0.1, -0.05) is 5.16 Å². The highest BCUT2D eigenvalue weighted by molar-refractivity contribution is 5.93. The minimum atomic E-state index is -0.223. The third kappa shape index (κ3) is 3.61. The van der Waals surface area contributed by atoms with Crippen molar-refractivity contribution >= 4 is 5.91 Å². The lowest BCUT2D eigenvalue weighted by Crippen LogP contribution is -2.26. The zero-order valence-electron chi connectivity index (χ0n) is 15.0. The summed E-state index contributed by atoms with van der Waals surface area (Å²) >= 11 is 0. The molecule has 0 atom stereocenters. The Hall–Kier alpha value is -3.94. The molecule has 3 aromatic heterocycles. The fourth-order valence-electron chi connectivity index (χ4n) is 2.77. The predicted molar refractivity (Wildman–Crippen MR) is 101 cm³/mol. The van der Waals surface area contributed by atoms with E-state index in [2.05, 4.69) is 20.3 Å². The number of H-pyrrole nitrogens is 1. The third-order valence-corrected chi connectivity index (χ3v) is 4.25. The third-order valence-electron chi connectivity index (χ3n) is 4.25. The van der Waals surface area contributed by atoms with Crippen molar-refractivity contribution in [3.05, 3.63) is 72.4 Å². The van der Waals surface area contributed by atoms with E-state index in [-0.39, 0.29) is 18.2 Å². The van der Waals surface area contributed by atoms with E-state index in [1.807, 2.05) is 12.1 Å². The number of rotatable bonds is 5. The Morgan fingerprint density at radius 1 is 1.07 bits per heavy atom. The number of carbonyl (C=O) groups excluding carboxylic acids is 1. The number of hydrogen-bond acceptors (Lipinski definition) is 6. The van der Waals surface area contributed by atoms with Gasteiger partial charge >= 0.3 is 0 Å². The van der Waals surface area contributed by atoms with Gasteiger partial charge in [-0.15, -0.1) is 0 Å². The van der Waals surface area contributed by atoms with Gasteiger partial charge in [-0.2, -0.15) is 5.10 Å². The molecule has 8 heteroatoms. The van der Waals surface area contributed by atoms with Crippen molar-refractivity contribution in [1.82, 2.24) is 25.2 Å². The molecule has 4 aromatic rings. The number of benzene rings is 1. The minimum absolute atomic E-state index is 0.175. The van der Waals surface area contributed by atoms with E-state index in [1.54, 1.807) is 55.8 Å². The fraction of sp³-hybridized carbons (Fsp3) is 0.100. The van der Waals surface area contributed by atoms with Gasteiger partial charge in [0.2, 0.25) is 0 Å². The lowest BCUT2D eigenvalue weighted by atomic mass is 10.1. The molecule has 140 valence electrons. The number of aromatic nitrogens is 4. The Morgan fingerprint density at radius 2 is 1.79 bits per heavy atom. The van der Waals surface area contributed by atoms with Crippen molar-refractivity contribution in [3.63, 3.8) is 0 Å². The summed E-state index contributed by atoms with van der Waals surface area (Å²) in [4.78, 5) is 18.2. The Kier molecular flexibility index (Phi) is 4.59. The lowest BCUT2D eigenvalue weighted by Gasteiger charge is -2.13. The highest BCUT2D eigenvalue weighted by Crippen LogP contribution is 2.22. The molecule has 0 aliphatic heterocycles. The Balaban J connectivity index is 1.45. The molecule has 0 aliphatic rings. The second kappa shape index (κ2) is 7.36. The summed E-state index contributed by atoms with van der Waals surface area (Å²) in [5, 5.41) is 20.4. The Labute approximate surface area is 160 Å².